The van der Waals surface area contributed by atoms with Gasteiger partial charge in [-0.25, -0.2) is 4.99 Å². The highest BCUT2D eigenvalue weighted by Gasteiger charge is 2.21. The van der Waals surface area contributed by atoms with Gasteiger partial charge in [0.2, 0.25) is 5.91 Å². The Morgan fingerprint density at radius 1 is 1.14 bits per heavy atom. The van der Waals surface area contributed by atoms with Gasteiger partial charge < -0.3 is 21.3 Å². The third-order valence-corrected chi connectivity index (χ3v) is 4.59. The zero-order valence-corrected chi connectivity index (χ0v) is 15.9. The third kappa shape index (κ3) is 5.09. The summed E-state index contributed by atoms with van der Waals surface area (Å²) in [4.78, 5) is 29.8. The summed E-state index contributed by atoms with van der Waals surface area (Å²) in [6.07, 6.45) is 0.993. The molecule has 0 radical (unpaired) electrons. The van der Waals surface area contributed by atoms with Crippen LogP contribution >= 0.6 is 0 Å². The molecule has 1 fully saturated rings. The summed E-state index contributed by atoms with van der Waals surface area (Å²) in [5.74, 6) is 0.0724. The van der Waals surface area contributed by atoms with E-state index in [1.54, 1.807) is 17.0 Å². The van der Waals surface area contributed by atoms with E-state index in [1.165, 1.54) is 5.56 Å². The van der Waals surface area contributed by atoms with E-state index in [4.69, 9.17) is 5.73 Å². The number of amides is 2. The molecule has 0 aliphatic carbocycles. The Balaban J connectivity index is 1.56. The minimum atomic E-state index is -0.137. The van der Waals surface area contributed by atoms with E-state index in [9.17, 15) is 9.59 Å². The van der Waals surface area contributed by atoms with Crippen LogP contribution in [0.3, 0.4) is 0 Å². The zero-order valence-electron chi connectivity index (χ0n) is 15.9. The molecular weight excluding hydrogens is 354 g/mol. The molecule has 28 heavy (non-hydrogen) atoms. The van der Waals surface area contributed by atoms with E-state index in [2.05, 4.69) is 34.7 Å². The maximum atomic E-state index is 12.5. The van der Waals surface area contributed by atoms with Crippen molar-refractivity contribution in [3.8, 4) is 0 Å². The van der Waals surface area contributed by atoms with E-state index in [0.29, 0.717) is 31.2 Å². The Bertz CT molecular complexity index is 859. The number of nitrogens with one attached hydrogen (secondary N) is 2. The van der Waals surface area contributed by atoms with Crippen LogP contribution in [0.25, 0.3) is 0 Å². The monoisotopic (exact) mass is 379 g/mol. The summed E-state index contributed by atoms with van der Waals surface area (Å²) in [5.41, 5.74) is 9.61. The molecule has 146 valence electrons. The second kappa shape index (κ2) is 9.03. The van der Waals surface area contributed by atoms with E-state index in [1.807, 2.05) is 24.3 Å². The largest absolute Gasteiger partial charge is 0.370 e. The smallest absolute Gasteiger partial charge is 0.254 e. The van der Waals surface area contributed by atoms with Gasteiger partial charge in [0.05, 0.1) is 13.1 Å². The number of benzene rings is 2. The number of piperazine rings is 1. The van der Waals surface area contributed by atoms with Gasteiger partial charge in [0.1, 0.15) is 0 Å². The van der Waals surface area contributed by atoms with Crippen LogP contribution in [0.15, 0.2) is 53.5 Å². The highest BCUT2D eigenvalue weighted by molar-refractivity contribution is 5.97. The first-order chi connectivity index (χ1) is 13.5. The van der Waals surface area contributed by atoms with E-state index in [-0.39, 0.29) is 18.4 Å². The summed E-state index contributed by atoms with van der Waals surface area (Å²) in [5, 5.41) is 5.78. The molecule has 2 amide bonds. The molecule has 2 aromatic carbocycles. The fraction of sp³-hybridized carbons (Fsp3) is 0.286. The Labute approximate surface area is 164 Å². The van der Waals surface area contributed by atoms with Crippen LogP contribution < -0.4 is 16.4 Å². The van der Waals surface area contributed by atoms with Gasteiger partial charge in [0.25, 0.3) is 5.91 Å². The summed E-state index contributed by atoms with van der Waals surface area (Å²) in [6, 6.07) is 15.3. The fourth-order valence-corrected chi connectivity index (χ4v) is 2.93. The number of hydrogen-bond acceptors (Lipinski definition) is 3. The number of rotatable bonds is 5. The lowest BCUT2D eigenvalue weighted by Gasteiger charge is -2.26. The summed E-state index contributed by atoms with van der Waals surface area (Å²) in [7, 11) is 0. The van der Waals surface area contributed by atoms with Gasteiger partial charge in [-0.15, -0.1) is 0 Å². The molecule has 1 aliphatic rings. The van der Waals surface area contributed by atoms with Gasteiger partial charge in [-0.1, -0.05) is 31.2 Å². The molecule has 1 heterocycles. The van der Waals surface area contributed by atoms with Crippen LogP contribution in [0.2, 0.25) is 0 Å². The molecule has 0 atom stereocenters. The van der Waals surface area contributed by atoms with Crippen molar-refractivity contribution in [3.63, 3.8) is 0 Å². The predicted octanol–water partition coefficient (Wildman–Crippen LogP) is 1.75. The second-order valence-corrected chi connectivity index (χ2v) is 6.65. The molecule has 3 rings (SSSR count). The van der Waals surface area contributed by atoms with Crippen LogP contribution in [0.4, 0.5) is 5.69 Å². The quantitative estimate of drug-likeness (QED) is 0.544. The first-order valence-electron chi connectivity index (χ1n) is 9.36. The molecule has 0 bridgehead atoms. The van der Waals surface area contributed by atoms with Crippen molar-refractivity contribution in [2.45, 2.75) is 19.9 Å². The average molecular weight is 379 g/mol. The molecule has 0 saturated carbocycles. The van der Waals surface area contributed by atoms with Gasteiger partial charge in [-0.2, -0.15) is 0 Å². The minimum absolute atomic E-state index is 0.103. The molecule has 4 N–H and O–H groups in total. The van der Waals surface area contributed by atoms with Gasteiger partial charge >= 0.3 is 0 Å². The van der Waals surface area contributed by atoms with Crippen molar-refractivity contribution in [3.05, 3.63) is 65.2 Å². The number of nitrogens with zero attached hydrogens (tertiary/aromatic N) is 2. The highest BCUT2D eigenvalue weighted by Crippen LogP contribution is 2.11. The molecule has 7 heteroatoms. The highest BCUT2D eigenvalue weighted by atomic mass is 16.2. The molecular formula is C21H25N5O2. The Hall–Kier alpha value is -3.35. The van der Waals surface area contributed by atoms with Gasteiger partial charge in [-0.05, 0) is 41.8 Å². The van der Waals surface area contributed by atoms with Crippen LogP contribution in [-0.4, -0.2) is 42.3 Å². The van der Waals surface area contributed by atoms with Crippen LogP contribution in [0.5, 0.6) is 0 Å². The Morgan fingerprint density at radius 3 is 2.46 bits per heavy atom. The van der Waals surface area contributed by atoms with Crippen molar-refractivity contribution in [1.29, 1.82) is 0 Å². The van der Waals surface area contributed by atoms with Gasteiger partial charge in [0.15, 0.2) is 5.96 Å². The lowest BCUT2D eigenvalue weighted by Crippen LogP contribution is -2.49. The van der Waals surface area contributed by atoms with E-state index < -0.39 is 0 Å². The topological polar surface area (TPSA) is 99.8 Å². The Morgan fingerprint density at radius 2 is 1.82 bits per heavy atom. The molecule has 1 saturated heterocycles. The molecule has 0 aromatic heterocycles. The number of nitrogens with two attached hydrogens (primary N) is 1. The zero-order chi connectivity index (χ0) is 19.9. The molecule has 2 aromatic rings. The summed E-state index contributed by atoms with van der Waals surface area (Å²) < 4.78 is 0. The van der Waals surface area contributed by atoms with E-state index in [0.717, 1.165) is 17.7 Å². The Kier molecular flexibility index (Phi) is 6.26. The SMILES string of the molecule is CCc1ccc(NC(N)=NCc2ccc(C(=O)N3CCNC(=O)C3)cc2)cc1. The minimum Gasteiger partial charge on any atom is -0.370 e. The predicted molar refractivity (Wildman–Crippen MR) is 110 cm³/mol. The standard InChI is InChI=1S/C21H25N5O2/c1-2-15-5-9-18(10-6-15)25-21(22)24-13-16-3-7-17(8-4-16)20(28)26-12-11-23-19(27)14-26/h3-10H,2,11-14H2,1H3,(H,23,27)(H3,22,24,25). The van der Waals surface area contributed by atoms with Crippen molar-refractivity contribution in [2.75, 3.05) is 25.0 Å². The molecule has 1 aliphatic heterocycles. The lowest BCUT2D eigenvalue weighted by molar-refractivity contribution is -0.123. The fourth-order valence-electron chi connectivity index (χ4n) is 2.93. The average Bonchev–Trinajstić information content (AvgIpc) is 2.72. The number of guanidine groups is 1. The van der Waals surface area contributed by atoms with Crippen LogP contribution in [0.1, 0.15) is 28.4 Å². The molecule has 0 spiro atoms. The van der Waals surface area contributed by atoms with Crippen molar-refractivity contribution < 1.29 is 9.59 Å². The summed E-state index contributed by atoms with van der Waals surface area (Å²) in [6.45, 7) is 3.64. The van der Waals surface area contributed by atoms with Crippen molar-refractivity contribution >= 4 is 23.5 Å². The number of carbonyl (C=O) groups is 2. The first kappa shape index (κ1) is 19.4. The lowest BCUT2D eigenvalue weighted by atomic mass is 10.1. The maximum Gasteiger partial charge on any atom is 0.254 e. The normalized spacial score (nSPS) is 14.5. The number of carbonyl (C=O) groups excluding carboxylic acids is 2. The van der Waals surface area contributed by atoms with Gasteiger partial charge in [0, 0.05) is 24.3 Å². The number of aliphatic imine (C=N–C) groups is 1. The summed E-state index contributed by atoms with van der Waals surface area (Å²) >= 11 is 0. The number of anilines is 1. The van der Waals surface area contributed by atoms with Crippen LogP contribution in [-0.2, 0) is 17.8 Å². The van der Waals surface area contributed by atoms with Gasteiger partial charge in [-0.3, -0.25) is 9.59 Å². The number of hydrogen-bond donors (Lipinski definition) is 3. The molecule has 0 unspecified atom stereocenters. The second-order valence-electron chi connectivity index (χ2n) is 6.65. The maximum absolute atomic E-state index is 12.5. The van der Waals surface area contributed by atoms with Crippen LogP contribution in [0, 0.1) is 0 Å². The third-order valence-electron chi connectivity index (χ3n) is 4.59. The number of aryl methyl sites for hydroxylation is 1. The van der Waals surface area contributed by atoms with Crippen molar-refractivity contribution in [1.82, 2.24) is 10.2 Å². The van der Waals surface area contributed by atoms with Crippen molar-refractivity contribution in [2.24, 2.45) is 10.7 Å². The first-order valence-corrected chi connectivity index (χ1v) is 9.36. The molecule has 7 nitrogen and oxygen atoms in total. The van der Waals surface area contributed by atoms with E-state index >= 15 is 0 Å².